The fourth-order valence-electron chi connectivity index (χ4n) is 2.42. The van der Waals surface area contributed by atoms with Crippen molar-refractivity contribution in [2.75, 3.05) is 20.1 Å². The smallest absolute Gasteiger partial charge is 0.251 e. The van der Waals surface area contributed by atoms with E-state index in [1.54, 1.807) is 19.2 Å². The standard InChI is InChI=1S/C20H25N5O2.HI/c1-22-20(23-12-11-15-5-3-2-4-6-15)25-13-16-7-9-17(10-8-16)19(27)24-14-18(21)26;/h2-10H,11-14H2,1H3,(H2,21,26)(H,24,27)(H2,22,23,25);1H. The molecule has 0 fully saturated rings. The van der Waals surface area contributed by atoms with Gasteiger partial charge in [-0.3, -0.25) is 14.6 Å². The zero-order chi connectivity index (χ0) is 19.5. The highest BCUT2D eigenvalue weighted by atomic mass is 127. The van der Waals surface area contributed by atoms with Crippen LogP contribution in [0.1, 0.15) is 21.5 Å². The van der Waals surface area contributed by atoms with Crippen LogP contribution in [-0.2, 0) is 17.8 Å². The lowest BCUT2D eigenvalue weighted by Gasteiger charge is -2.12. The summed E-state index contributed by atoms with van der Waals surface area (Å²) in [5, 5.41) is 8.97. The van der Waals surface area contributed by atoms with Gasteiger partial charge in [0.1, 0.15) is 0 Å². The van der Waals surface area contributed by atoms with Crippen molar-refractivity contribution >= 4 is 41.8 Å². The van der Waals surface area contributed by atoms with Crippen LogP contribution in [0.2, 0.25) is 0 Å². The number of rotatable bonds is 8. The van der Waals surface area contributed by atoms with E-state index in [4.69, 9.17) is 5.73 Å². The summed E-state index contributed by atoms with van der Waals surface area (Å²) in [5.74, 6) is -0.184. The molecule has 0 bridgehead atoms. The molecule has 0 saturated heterocycles. The lowest BCUT2D eigenvalue weighted by atomic mass is 10.1. The van der Waals surface area contributed by atoms with Crippen molar-refractivity contribution in [1.82, 2.24) is 16.0 Å². The normalized spacial score (nSPS) is 10.5. The number of carbonyl (C=O) groups is 2. The summed E-state index contributed by atoms with van der Waals surface area (Å²) < 4.78 is 0. The summed E-state index contributed by atoms with van der Waals surface area (Å²) in [5.41, 5.74) is 7.77. The van der Waals surface area contributed by atoms with Gasteiger partial charge in [0.15, 0.2) is 5.96 Å². The number of guanidine groups is 1. The first kappa shape index (κ1) is 23.4. The van der Waals surface area contributed by atoms with Gasteiger partial charge in [-0.15, -0.1) is 24.0 Å². The Morgan fingerprint density at radius 2 is 1.61 bits per heavy atom. The summed E-state index contributed by atoms with van der Waals surface area (Å²) in [6, 6.07) is 17.4. The van der Waals surface area contributed by atoms with E-state index in [-0.39, 0.29) is 36.4 Å². The van der Waals surface area contributed by atoms with Crippen molar-refractivity contribution in [2.45, 2.75) is 13.0 Å². The zero-order valence-electron chi connectivity index (χ0n) is 15.8. The molecule has 2 amide bonds. The molecular formula is C20H26IN5O2. The fourth-order valence-corrected chi connectivity index (χ4v) is 2.42. The van der Waals surface area contributed by atoms with Crippen LogP contribution < -0.4 is 21.7 Å². The highest BCUT2D eigenvalue weighted by Gasteiger charge is 2.06. The Kier molecular flexibility index (Phi) is 10.6. The van der Waals surface area contributed by atoms with E-state index >= 15 is 0 Å². The summed E-state index contributed by atoms with van der Waals surface area (Å²) in [7, 11) is 1.73. The van der Waals surface area contributed by atoms with Gasteiger partial charge < -0.3 is 21.7 Å². The molecule has 0 aliphatic carbocycles. The van der Waals surface area contributed by atoms with Crippen LogP contribution in [0.15, 0.2) is 59.6 Å². The molecule has 0 spiro atoms. The summed E-state index contributed by atoms with van der Waals surface area (Å²) in [6.07, 6.45) is 0.913. The van der Waals surface area contributed by atoms with Crippen LogP contribution in [0, 0.1) is 0 Å². The molecule has 150 valence electrons. The quantitative estimate of drug-likeness (QED) is 0.253. The summed E-state index contributed by atoms with van der Waals surface area (Å²) in [4.78, 5) is 26.8. The minimum atomic E-state index is -0.574. The first-order valence-electron chi connectivity index (χ1n) is 8.72. The molecular weight excluding hydrogens is 469 g/mol. The first-order valence-corrected chi connectivity index (χ1v) is 8.72. The number of hydrogen-bond acceptors (Lipinski definition) is 3. The molecule has 0 aliphatic heterocycles. The third kappa shape index (κ3) is 8.38. The van der Waals surface area contributed by atoms with E-state index in [0.717, 1.165) is 18.5 Å². The zero-order valence-corrected chi connectivity index (χ0v) is 18.1. The maximum absolute atomic E-state index is 11.8. The lowest BCUT2D eigenvalue weighted by molar-refractivity contribution is -0.117. The minimum Gasteiger partial charge on any atom is -0.368 e. The highest BCUT2D eigenvalue weighted by Crippen LogP contribution is 2.04. The van der Waals surface area contributed by atoms with Crippen molar-refractivity contribution in [3.05, 3.63) is 71.3 Å². The summed E-state index contributed by atoms with van der Waals surface area (Å²) >= 11 is 0. The second-order valence-electron chi connectivity index (χ2n) is 5.93. The van der Waals surface area contributed by atoms with Crippen molar-refractivity contribution in [1.29, 1.82) is 0 Å². The van der Waals surface area contributed by atoms with E-state index < -0.39 is 5.91 Å². The van der Waals surface area contributed by atoms with Crippen molar-refractivity contribution < 1.29 is 9.59 Å². The van der Waals surface area contributed by atoms with Crippen LogP contribution in [0.4, 0.5) is 0 Å². The number of halogens is 1. The number of primary amides is 1. The Hall–Kier alpha value is -2.62. The number of nitrogens with zero attached hydrogens (tertiary/aromatic N) is 1. The van der Waals surface area contributed by atoms with E-state index in [0.29, 0.717) is 18.1 Å². The lowest BCUT2D eigenvalue weighted by Crippen LogP contribution is -2.37. The van der Waals surface area contributed by atoms with Gasteiger partial charge in [-0.05, 0) is 29.7 Å². The largest absolute Gasteiger partial charge is 0.368 e. The van der Waals surface area contributed by atoms with Crippen molar-refractivity contribution in [2.24, 2.45) is 10.7 Å². The van der Waals surface area contributed by atoms with Gasteiger partial charge in [0, 0.05) is 25.7 Å². The Bertz CT molecular complexity index is 779. The second-order valence-corrected chi connectivity index (χ2v) is 5.93. The molecule has 0 aromatic heterocycles. The molecule has 8 heteroatoms. The van der Waals surface area contributed by atoms with Gasteiger partial charge in [0.05, 0.1) is 6.54 Å². The summed E-state index contributed by atoms with van der Waals surface area (Å²) in [6.45, 7) is 1.18. The van der Waals surface area contributed by atoms with Gasteiger partial charge >= 0.3 is 0 Å². The third-order valence-corrected chi connectivity index (χ3v) is 3.87. The van der Waals surface area contributed by atoms with E-state index in [1.165, 1.54) is 5.56 Å². The minimum absolute atomic E-state index is 0. The molecule has 0 radical (unpaired) electrons. The Morgan fingerprint density at radius 3 is 2.21 bits per heavy atom. The molecule has 0 unspecified atom stereocenters. The molecule has 0 saturated carbocycles. The molecule has 0 aliphatic rings. The van der Waals surface area contributed by atoms with Gasteiger partial charge in [-0.1, -0.05) is 42.5 Å². The van der Waals surface area contributed by atoms with Crippen LogP contribution >= 0.6 is 24.0 Å². The molecule has 0 heterocycles. The molecule has 28 heavy (non-hydrogen) atoms. The Morgan fingerprint density at radius 1 is 0.929 bits per heavy atom. The molecule has 0 atom stereocenters. The predicted molar refractivity (Wildman–Crippen MR) is 122 cm³/mol. The molecule has 2 aromatic carbocycles. The monoisotopic (exact) mass is 495 g/mol. The number of benzene rings is 2. The van der Waals surface area contributed by atoms with E-state index in [9.17, 15) is 9.59 Å². The maximum Gasteiger partial charge on any atom is 0.251 e. The molecule has 2 rings (SSSR count). The molecule has 7 nitrogen and oxygen atoms in total. The predicted octanol–water partition coefficient (Wildman–Crippen LogP) is 1.43. The number of carbonyl (C=O) groups excluding carboxylic acids is 2. The van der Waals surface area contributed by atoms with Crippen LogP contribution in [0.25, 0.3) is 0 Å². The SMILES string of the molecule is CN=C(NCCc1ccccc1)NCc1ccc(C(=O)NCC(N)=O)cc1.I. The van der Waals surface area contributed by atoms with Crippen molar-refractivity contribution in [3.8, 4) is 0 Å². The van der Waals surface area contributed by atoms with E-state index in [2.05, 4.69) is 33.1 Å². The fraction of sp³-hybridized carbons (Fsp3) is 0.250. The number of aliphatic imine (C=N–C) groups is 1. The number of amides is 2. The number of hydrogen-bond donors (Lipinski definition) is 4. The first-order chi connectivity index (χ1) is 13.1. The van der Waals surface area contributed by atoms with Crippen molar-refractivity contribution in [3.63, 3.8) is 0 Å². The number of nitrogens with two attached hydrogens (primary N) is 1. The van der Waals surface area contributed by atoms with Gasteiger partial charge in [0.25, 0.3) is 5.91 Å². The average Bonchev–Trinajstić information content (AvgIpc) is 2.70. The van der Waals surface area contributed by atoms with Crippen LogP contribution in [0.3, 0.4) is 0 Å². The maximum atomic E-state index is 11.8. The Labute approximate surface area is 182 Å². The van der Waals surface area contributed by atoms with Gasteiger partial charge in [-0.2, -0.15) is 0 Å². The average molecular weight is 495 g/mol. The van der Waals surface area contributed by atoms with E-state index in [1.807, 2.05) is 30.3 Å². The molecule has 2 aromatic rings. The topological polar surface area (TPSA) is 109 Å². The van der Waals surface area contributed by atoms with Gasteiger partial charge in [0.2, 0.25) is 5.91 Å². The highest BCUT2D eigenvalue weighted by molar-refractivity contribution is 14.0. The van der Waals surface area contributed by atoms with Crippen LogP contribution in [-0.4, -0.2) is 37.9 Å². The Balaban J connectivity index is 0.00000392. The second kappa shape index (κ2) is 12.7. The van der Waals surface area contributed by atoms with Crippen LogP contribution in [0.5, 0.6) is 0 Å². The molecule has 5 N–H and O–H groups in total. The van der Waals surface area contributed by atoms with Gasteiger partial charge in [-0.25, -0.2) is 0 Å². The number of nitrogens with one attached hydrogen (secondary N) is 3. The third-order valence-electron chi connectivity index (χ3n) is 3.87.